The predicted molar refractivity (Wildman–Crippen MR) is 152 cm³/mol. The number of anilines is 1. The highest BCUT2D eigenvalue weighted by Gasteiger charge is 2.46. The standard InChI is InChI=1S/C31H33ClN2O4/c1-6-33(7-2)24-13-10-21(11-14-24)28-27(29(35)22-12-15-25(32)26(17-22)38-5)30(36)31(37)34(28)18-23-16-19(3)8-9-20(23)4/h8-17,28,35H,6-7,18H2,1-5H3/b29-27-. The van der Waals surface area contributed by atoms with Gasteiger partial charge in [0.05, 0.1) is 23.7 Å². The Kier molecular flexibility index (Phi) is 8.12. The molecule has 1 heterocycles. The highest BCUT2D eigenvalue weighted by molar-refractivity contribution is 6.46. The largest absolute Gasteiger partial charge is 0.507 e. The molecule has 0 radical (unpaired) electrons. The maximum atomic E-state index is 13.5. The summed E-state index contributed by atoms with van der Waals surface area (Å²) in [5.74, 6) is -1.27. The molecule has 3 aromatic rings. The van der Waals surface area contributed by atoms with Crippen molar-refractivity contribution in [1.82, 2.24) is 4.90 Å². The molecule has 3 aromatic carbocycles. The third-order valence-corrected chi connectivity index (χ3v) is 7.46. The SMILES string of the molecule is CCN(CC)c1ccc(C2/C(=C(/O)c3ccc(Cl)c(OC)c3)C(=O)C(=O)N2Cc2cc(C)ccc2C)cc1. The summed E-state index contributed by atoms with van der Waals surface area (Å²) in [6.07, 6.45) is 0. The van der Waals surface area contributed by atoms with E-state index < -0.39 is 17.7 Å². The molecule has 0 aliphatic carbocycles. The molecule has 0 bridgehead atoms. The number of hydrogen-bond donors (Lipinski definition) is 1. The Labute approximate surface area is 229 Å². The van der Waals surface area contributed by atoms with Crippen LogP contribution in [0.3, 0.4) is 0 Å². The van der Waals surface area contributed by atoms with Crippen LogP contribution in [-0.2, 0) is 16.1 Å². The first kappa shape index (κ1) is 27.3. The van der Waals surface area contributed by atoms with E-state index >= 15 is 0 Å². The van der Waals surface area contributed by atoms with E-state index in [1.807, 2.05) is 56.3 Å². The summed E-state index contributed by atoms with van der Waals surface area (Å²) in [4.78, 5) is 30.7. The quantitative estimate of drug-likeness (QED) is 0.205. The number of aryl methyl sites for hydroxylation is 2. The lowest BCUT2D eigenvalue weighted by atomic mass is 9.94. The van der Waals surface area contributed by atoms with E-state index in [1.54, 1.807) is 23.1 Å². The normalized spacial score (nSPS) is 16.7. The fraction of sp³-hybridized carbons (Fsp3) is 0.290. The Morgan fingerprint density at radius 2 is 1.68 bits per heavy atom. The number of halogens is 1. The first-order valence-electron chi connectivity index (χ1n) is 12.7. The van der Waals surface area contributed by atoms with Crippen LogP contribution in [0.5, 0.6) is 5.75 Å². The Morgan fingerprint density at radius 3 is 2.32 bits per heavy atom. The second-order valence-electron chi connectivity index (χ2n) is 9.47. The zero-order valence-corrected chi connectivity index (χ0v) is 23.2. The molecular weight excluding hydrogens is 500 g/mol. The summed E-state index contributed by atoms with van der Waals surface area (Å²) in [6, 6.07) is 17.9. The molecular formula is C31H33ClN2O4. The number of likely N-dealkylation sites (tertiary alicyclic amines) is 1. The van der Waals surface area contributed by atoms with Gasteiger partial charge in [-0.1, -0.05) is 47.5 Å². The Balaban J connectivity index is 1.87. The van der Waals surface area contributed by atoms with Gasteiger partial charge in [0, 0.05) is 30.9 Å². The molecule has 198 valence electrons. The molecule has 0 spiro atoms. The van der Waals surface area contributed by atoms with E-state index in [9.17, 15) is 14.7 Å². The molecule has 1 amide bonds. The van der Waals surface area contributed by atoms with E-state index in [0.717, 1.165) is 41.0 Å². The predicted octanol–water partition coefficient (Wildman–Crippen LogP) is 6.43. The highest BCUT2D eigenvalue weighted by atomic mass is 35.5. The number of ketones is 1. The molecule has 1 N–H and O–H groups in total. The minimum Gasteiger partial charge on any atom is -0.507 e. The zero-order valence-electron chi connectivity index (χ0n) is 22.4. The van der Waals surface area contributed by atoms with Crippen LogP contribution < -0.4 is 9.64 Å². The van der Waals surface area contributed by atoms with Crippen molar-refractivity contribution in [3.05, 3.63) is 99.1 Å². The highest BCUT2D eigenvalue weighted by Crippen LogP contribution is 2.41. The summed E-state index contributed by atoms with van der Waals surface area (Å²) in [5, 5.41) is 11.8. The number of carbonyl (C=O) groups excluding carboxylic acids is 2. The monoisotopic (exact) mass is 532 g/mol. The first-order valence-corrected chi connectivity index (χ1v) is 13.1. The Hall–Kier alpha value is -3.77. The van der Waals surface area contributed by atoms with E-state index in [-0.39, 0.29) is 17.9 Å². The molecule has 1 aliphatic heterocycles. The number of amides is 1. The lowest BCUT2D eigenvalue weighted by Gasteiger charge is -2.27. The van der Waals surface area contributed by atoms with Crippen LogP contribution >= 0.6 is 11.6 Å². The van der Waals surface area contributed by atoms with Gasteiger partial charge in [0.1, 0.15) is 11.5 Å². The molecule has 0 saturated carbocycles. The van der Waals surface area contributed by atoms with Gasteiger partial charge >= 0.3 is 0 Å². The van der Waals surface area contributed by atoms with Crippen molar-refractivity contribution in [2.24, 2.45) is 0 Å². The van der Waals surface area contributed by atoms with Gasteiger partial charge < -0.3 is 19.6 Å². The molecule has 1 atom stereocenters. The lowest BCUT2D eigenvalue weighted by molar-refractivity contribution is -0.140. The summed E-state index contributed by atoms with van der Waals surface area (Å²) in [6.45, 7) is 10.1. The van der Waals surface area contributed by atoms with Crippen molar-refractivity contribution in [2.45, 2.75) is 40.3 Å². The Bertz CT molecular complexity index is 1390. The molecule has 1 fully saturated rings. The minimum absolute atomic E-state index is 0.0419. The first-order chi connectivity index (χ1) is 18.2. The van der Waals surface area contributed by atoms with Gasteiger partial charge in [0.15, 0.2) is 0 Å². The number of benzene rings is 3. The maximum Gasteiger partial charge on any atom is 0.295 e. The molecule has 1 saturated heterocycles. The molecule has 6 nitrogen and oxygen atoms in total. The molecule has 1 aliphatic rings. The number of Topliss-reactive ketones (excluding diaryl/α,β-unsaturated/α-hetero) is 1. The van der Waals surface area contributed by atoms with Gasteiger partial charge in [-0.05, 0) is 74.7 Å². The van der Waals surface area contributed by atoms with Crippen LogP contribution in [0.15, 0.2) is 66.2 Å². The van der Waals surface area contributed by atoms with Crippen molar-refractivity contribution in [1.29, 1.82) is 0 Å². The summed E-state index contributed by atoms with van der Waals surface area (Å²) in [5.41, 5.74) is 5.22. The van der Waals surface area contributed by atoms with Crippen LogP contribution in [-0.4, -0.2) is 41.9 Å². The van der Waals surface area contributed by atoms with E-state index in [4.69, 9.17) is 16.3 Å². The van der Waals surface area contributed by atoms with Crippen LogP contribution in [0.1, 0.15) is 47.7 Å². The van der Waals surface area contributed by atoms with Crippen molar-refractivity contribution < 1.29 is 19.4 Å². The topological polar surface area (TPSA) is 70.1 Å². The summed E-state index contributed by atoms with van der Waals surface area (Å²) < 4.78 is 5.31. The van der Waals surface area contributed by atoms with Gasteiger partial charge in [-0.25, -0.2) is 0 Å². The van der Waals surface area contributed by atoms with Gasteiger partial charge in [0.2, 0.25) is 0 Å². The number of nitrogens with zero attached hydrogens (tertiary/aromatic N) is 2. The van der Waals surface area contributed by atoms with E-state index in [0.29, 0.717) is 16.3 Å². The van der Waals surface area contributed by atoms with Crippen molar-refractivity contribution in [3.8, 4) is 5.75 Å². The van der Waals surface area contributed by atoms with E-state index in [1.165, 1.54) is 7.11 Å². The van der Waals surface area contributed by atoms with Crippen LogP contribution in [0.2, 0.25) is 5.02 Å². The minimum atomic E-state index is -0.762. The number of ether oxygens (including phenoxy) is 1. The molecule has 7 heteroatoms. The van der Waals surface area contributed by atoms with Gasteiger partial charge in [0.25, 0.3) is 11.7 Å². The second kappa shape index (κ2) is 11.3. The third kappa shape index (κ3) is 5.14. The number of methoxy groups -OCH3 is 1. The number of rotatable bonds is 8. The average molecular weight is 533 g/mol. The number of aliphatic hydroxyl groups is 1. The number of aliphatic hydroxyl groups excluding tert-OH is 1. The van der Waals surface area contributed by atoms with Crippen LogP contribution in [0.4, 0.5) is 5.69 Å². The molecule has 0 aromatic heterocycles. The fourth-order valence-corrected chi connectivity index (χ4v) is 5.16. The Morgan fingerprint density at radius 1 is 1.00 bits per heavy atom. The van der Waals surface area contributed by atoms with Crippen molar-refractivity contribution >= 4 is 34.7 Å². The van der Waals surface area contributed by atoms with Crippen molar-refractivity contribution in [2.75, 3.05) is 25.1 Å². The van der Waals surface area contributed by atoms with Crippen molar-refractivity contribution in [3.63, 3.8) is 0 Å². The number of carbonyl (C=O) groups is 2. The fourth-order valence-electron chi connectivity index (χ4n) is 4.96. The van der Waals surface area contributed by atoms with Crippen LogP contribution in [0.25, 0.3) is 5.76 Å². The zero-order chi connectivity index (χ0) is 27.6. The second-order valence-corrected chi connectivity index (χ2v) is 9.88. The average Bonchev–Trinajstić information content (AvgIpc) is 3.16. The summed E-state index contributed by atoms with van der Waals surface area (Å²) in [7, 11) is 1.48. The van der Waals surface area contributed by atoms with Gasteiger partial charge in [-0.15, -0.1) is 0 Å². The summed E-state index contributed by atoms with van der Waals surface area (Å²) >= 11 is 6.19. The van der Waals surface area contributed by atoms with Gasteiger partial charge in [-0.2, -0.15) is 0 Å². The number of hydrogen-bond acceptors (Lipinski definition) is 5. The van der Waals surface area contributed by atoms with Crippen LogP contribution in [0, 0.1) is 13.8 Å². The third-order valence-electron chi connectivity index (χ3n) is 7.15. The maximum absolute atomic E-state index is 13.5. The molecule has 38 heavy (non-hydrogen) atoms. The molecule has 1 unspecified atom stereocenters. The smallest absolute Gasteiger partial charge is 0.295 e. The van der Waals surface area contributed by atoms with E-state index in [2.05, 4.69) is 18.7 Å². The van der Waals surface area contributed by atoms with Gasteiger partial charge in [-0.3, -0.25) is 9.59 Å². The lowest BCUT2D eigenvalue weighted by Crippen LogP contribution is -2.29. The molecule has 4 rings (SSSR count).